The van der Waals surface area contributed by atoms with Gasteiger partial charge in [0.1, 0.15) is 17.6 Å². The van der Waals surface area contributed by atoms with Crippen molar-refractivity contribution < 1.29 is 22.8 Å². The summed E-state index contributed by atoms with van der Waals surface area (Å²) in [7, 11) is 1.56. The molecule has 4 heterocycles. The lowest BCUT2D eigenvalue weighted by molar-refractivity contribution is -0.140. The summed E-state index contributed by atoms with van der Waals surface area (Å²) in [5.74, 6) is -0.674. The van der Waals surface area contributed by atoms with Crippen LogP contribution >= 0.6 is 0 Å². The van der Waals surface area contributed by atoms with Crippen LogP contribution in [0.25, 0.3) is 22.0 Å². The molecule has 1 atom stereocenters. The molecule has 2 amide bonds. The highest BCUT2D eigenvalue weighted by Crippen LogP contribution is 2.41. The fourth-order valence-corrected chi connectivity index (χ4v) is 4.90. The van der Waals surface area contributed by atoms with Crippen molar-refractivity contribution in [3.05, 3.63) is 83.8 Å². The fourth-order valence-electron chi connectivity index (χ4n) is 4.90. The van der Waals surface area contributed by atoms with Gasteiger partial charge in [0, 0.05) is 36.2 Å². The second kappa shape index (κ2) is 9.11. The molecule has 0 saturated carbocycles. The van der Waals surface area contributed by atoms with Gasteiger partial charge >= 0.3 is 6.18 Å². The van der Waals surface area contributed by atoms with Crippen LogP contribution in [-0.2, 0) is 23.9 Å². The van der Waals surface area contributed by atoms with Crippen LogP contribution in [0.5, 0.6) is 0 Å². The molecule has 5 aromatic rings. The number of alkyl halides is 3. The number of amides is 2. The number of H-pyrrole nitrogens is 2. The zero-order valence-corrected chi connectivity index (χ0v) is 20.5. The Morgan fingerprint density at radius 2 is 1.90 bits per heavy atom. The molecule has 0 fully saturated rings. The zero-order valence-electron chi connectivity index (χ0n) is 20.5. The van der Waals surface area contributed by atoms with Crippen molar-refractivity contribution in [3.63, 3.8) is 0 Å². The first-order chi connectivity index (χ1) is 18.7. The third-order valence-corrected chi connectivity index (χ3v) is 6.71. The van der Waals surface area contributed by atoms with E-state index in [0.29, 0.717) is 34.4 Å². The average Bonchev–Trinajstić information content (AvgIpc) is 3.65. The van der Waals surface area contributed by atoms with E-state index in [2.05, 4.69) is 25.6 Å². The molecule has 39 heavy (non-hydrogen) atoms. The van der Waals surface area contributed by atoms with E-state index in [1.165, 1.54) is 4.90 Å². The van der Waals surface area contributed by atoms with Crippen molar-refractivity contribution in [2.75, 3.05) is 11.9 Å². The number of halogens is 3. The Kier molecular flexibility index (Phi) is 5.70. The first-order valence-corrected chi connectivity index (χ1v) is 12.0. The lowest BCUT2D eigenvalue weighted by atomic mass is 10.0. The van der Waals surface area contributed by atoms with E-state index in [4.69, 9.17) is 0 Å². The topological polar surface area (TPSA) is 125 Å². The molecular formula is C26H21F3N8O2. The fraction of sp³-hybridized carbons (Fsp3) is 0.192. The van der Waals surface area contributed by atoms with E-state index in [9.17, 15) is 22.8 Å². The van der Waals surface area contributed by atoms with Gasteiger partial charge in [-0.15, -0.1) is 5.10 Å². The minimum Gasteiger partial charge on any atom is -0.343 e. The summed E-state index contributed by atoms with van der Waals surface area (Å²) in [6.45, 7) is -0.0110. The van der Waals surface area contributed by atoms with Crippen molar-refractivity contribution in [2.45, 2.75) is 25.2 Å². The van der Waals surface area contributed by atoms with E-state index in [-0.39, 0.29) is 23.8 Å². The van der Waals surface area contributed by atoms with Crippen molar-refractivity contribution in [1.29, 1.82) is 0 Å². The number of nitrogens with zero attached hydrogens (tertiary/aromatic N) is 5. The van der Waals surface area contributed by atoms with Crippen LogP contribution in [0.15, 0.2) is 60.9 Å². The Labute approximate surface area is 218 Å². The number of hydrogen-bond donors (Lipinski definition) is 3. The quantitative estimate of drug-likeness (QED) is 0.318. The number of para-hydroxylation sites is 1. The van der Waals surface area contributed by atoms with Gasteiger partial charge in [0.25, 0.3) is 11.8 Å². The third kappa shape index (κ3) is 4.31. The molecule has 0 bridgehead atoms. The van der Waals surface area contributed by atoms with Crippen molar-refractivity contribution in [1.82, 2.24) is 35.3 Å². The molecule has 10 nitrogen and oxygen atoms in total. The van der Waals surface area contributed by atoms with Gasteiger partial charge in [0.05, 0.1) is 23.9 Å². The molecule has 1 aliphatic heterocycles. The van der Waals surface area contributed by atoms with E-state index >= 15 is 0 Å². The Morgan fingerprint density at radius 1 is 1.10 bits per heavy atom. The molecule has 3 aromatic heterocycles. The van der Waals surface area contributed by atoms with Crippen molar-refractivity contribution >= 4 is 28.4 Å². The van der Waals surface area contributed by atoms with Crippen LogP contribution < -0.4 is 10.2 Å². The summed E-state index contributed by atoms with van der Waals surface area (Å²) >= 11 is 0. The molecule has 0 unspecified atom stereocenters. The maximum absolute atomic E-state index is 13.6. The highest BCUT2D eigenvalue weighted by molar-refractivity contribution is 6.10. The Morgan fingerprint density at radius 3 is 2.67 bits per heavy atom. The van der Waals surface area contributed by atoms with Crippen molar-refractivity contribution in [3.8, 4) is 11.1 Å². The number of rotatable bonds is 5. The minimum absolute atomic E-state index is 0.0110. The van der Waals surface area contributed by atoms with Gasteiger partial charge in [-0.05, 0) is 11.6 Å². The predicted octanol–water partition coefficient (Wildman–Crippen LogP) is 3.53. The largest absolute Gasteiger partial charge is 0.433 e. The summed E-state index contributed by atoms with van der Waals surface area (Å²) in [6, 6.07) is 13.6. The summed E-state index contributed by atoms with van der Waals surface area (Å²) < 4.78 is 42.6. The van der Waals surface area contributed by atoms with Crippen LogP contribution in [0.2, 0.25) is 0 Å². The van der Waals surface area contributed by atoms with Crippen molar-refractivity contribution in [2.24, 2.45) is 0 Å². The van der Waals surface area contributed by atoms with E-state index in [1.54, 1.807) is 36.0 Å². The number of aromatic amines is 2. The van der Waals surface area contributed by atoms with Gasteiger partial charge in [0.15, 0.2) is 0 Å². The molecule has 3 N–H and O–H groups in total. The molecule has 198 valence electrons. The van der Waals surface area contributed by atoms with E-state index in [0.717, 1.165) is 11.8 Å². The summed E-state index contributed by atoms with van der Waals surface area (Å²) in [5, 5.41) is 15.6. The lowest BCUT2D eigenvalue weighted by Gasteiger charge is -2.21. The standard InChI is InChI=1S/C26H21F3N8O2/c1-36-19-9-5-8-15-17(16-11-30-34-22(16)26(27,28)29)12-37(21(15)19)13-18(25(36)39)31-24(38)23-32-20(33-35-23)10-14-6-3-2-4-7-14/h2-9,11-12,18H,10,13H2,1H3,(H,30,34)(H,31,38)(H,32,33,35)/t18-/m0/s1. The number of likely N-dealkylation sites (N-methyl/N-ethyl adjacent to an activating group) is 1. The molecule has 0 aliphatic carbocycles. The maximum atomic E-state index is 13.6. The maximum Gasteiger partial charge on any atom is 0.433 e. The van der Waals surface area contributed by atoms with Crippen LogP contribution in [0.3, 0.4) is 0 Å². The summed E-state index contributed by atoms with van der Waals surface area (Å²) in [4.78, 5) is 32.0. The van der Waals surface area contributed by atoms with Gasteiger partial charge in [-0.3, -0.25) is 19.8 Å². The predicted molar refractivity (Wildman–Crippen MR) is 135 cm³/mol. The van der Waals surface area contributed by atoms with Gasteiger partial charge in [-0.25, -0.2) is 4.98 Å². The molecule has 2 aromatic carbocycles. The smallest absolute Gasteiger partial charge is 0.343 e. The lowest BCUT2D eigenvalue weighted by Crippen LogP contribution is -2.48. The highest BCUT2D eigenvalue weighted by atomic mass is 19.4. The number of anilines is 1. The third-order valence-electron chi connectivity index (χ3n) is 6.71. The monoisotopic (exact) mass is 534 g/mol. The number of hydrogen-bond acceptors (Lipinski definition) is 5. The van der Waals surface area contributed by atoms with Gasteiger partial charge in [-0.2, -0.15) is 18.3 Å². The Bertz CT molecular complexity index is 1700. The molecule has 13 heteroatoms. The van der Waals surface area contributed by atoms with E-state index < -0.39 is 23.8 Å². The first-order valence-electron chi connectivity index (χ1n) is 12.0. The SMILES string of the molecule is CN1C(=O)[C@@H](NC(=O)c2n[nH]c(Cc3ccccc3)n2)Cn2cc(-c3cn[nH]c3C(F)(F)F)c3cccc1c32. The number of aromatic nitrogens is 6. The van der Waals surface area contributed by atoms with Crippen LogP contribution in [0.1, 0.15) is 27.7 Å². The molecule has 0 saturated heterocycles. The number of nitrogens with one attached hydrogen (secondary N) is 3. The van der Waals surface area contributed by atoms with Gasteiger partial charge in [-0.1, -0.05) is 42.5 Å². The van der Waals surface area contributed by atoms with Gasteiger partial charge < -0.3 is 14.8 Å². The second-order valence-corrected chi connectivity index (χ2v) is 9.22. The zero-order chi connectivity index (χ0) is 27.3. The minimum atomic E-state index is -4.63. The van der Waals surface area contributed by atoms with Gasteiger partial charge in [0.2, 0.25) is 5.82 Å². The summed E-state index contributed by atoms with van der Waals surface area (Å²) in [6.07, 6.45) is -1.51. The number of benzene rings is 2. The van der Waals surface area contributed by atoms with Crippen LogP contribution in [-0.4, -0.2) is 54.8 Å². The Balaban J connectivity index is 1.31. The number of carbonyl (C=O) groups is 2. The number of carbonyl (C=O) groups excluding carboxylic acids is 2. The highest BCUT2D eigenvalue weighted by Gasteiger charge is 2.38. The van der Waals surface area contributed by atoms with Crippen LogP contribution in [0.4, 0.5) is 18.9 Å². The first kappa shape index (κ1) is 24.4. The molecule has 6 rings (SSSR count). The van der Waals surface area contributed by atoms with E-state index in [1.807, 2.05) is 35.4 Å². The molecule has 0 spiro atoms. The summed E-state index contributed by atoms with van der Waals surface area (Å²) in [5.41, 5.74) is 1.29. The van der Waals surface area contributed by atoms with Crippen LogP contribution in [0, 0.1) is 0 Å². The normalized spacial score (nSPS) is 15.5. The Hall–Kier alpha value is -4.94. The average molecular weight is 535 g/mol. The molecule has 1 aliphatic rings. The molecule has 0 radical (unpaired) electrons. The second-order valence-electron chi connectivity index (χ2n) is 9.22. The molecular weight excluding hydrogens is 513 g/mol.